The lowest BCUT2D eigenvalue weighted by molar-refractivity contribution is 0.237. The van der Waals surface area contributed by atoms with E-state index in [2.05, 4.69) is 53.0 Å². The van der Waals surface area contributed by atoms with E-state index < -0.39 is 0 Å². The summed E-state index contributed by atoms with van der Waals surface area (Å²) in [5.74, 6) is 1.72. The summed E-state index contributed by atoms with van der Waals surface area (Å²) in [4.78, 5) is 0. The van der Waals surface area contributed by atoms with Crippen LogP contribution in [0.2, 0.25) is 0 Å². The van der Waals surface area contributed by atoms with Crippen molar-refractivity contribution in [1.82, 2.24) is 5.32 Å². The Hall–Kier alpha value is -0.820. The number of rotatable bonds is 3. The molecule has 1 aromatic carbocycles. The first kappa shape index (κ1) is 15.6. The normalized spacial score (nSPS) is 24.7. The van der Waals surface area contributed by atoms with Gasteiger partial charge in [-0.05, 0) is 87.2 Å². The highest BCUT2D eigenvalue weighted by molar-refractivity contribution is 5.46. The number of benzene rings is 1. The van der Waals surface area contributed by atoms with Crippen LogP contribution < -0.4 is 5.32 Å². The maximum Gasteiger partial charge on any atom is 0.0351 e. The summed E-state index contributed by atoms with van der Waals surface area (Å²) < 4.78 is 0. The van der Waals surface area contributed by atoms with E-state index in [0.717, 1.165) is 11.8 Å². The Morgan fingerprint density at radius 2 is 1.45 bits per heavy atom. The number of nitrogens with one attached hydrogen (secondary N) is 1. The van der Waals surface area contributed by atoms with Gasteiger partial charge in [0.05, 0.1) is 0 Å². The van der Waals surface area contributed by atoms with Crippen molar-refractivity contribution in [3.63, 3.8) is 0 Å². The molecule has 0 radical (unpaired) electrons. The highest BCUT2D eigenvalue weighted by Crippen LogP contribution is 2.39. The van der Waals surface area contributed by atoms with Crippen LogP contribution in [0, 0.1) is 39.5 Å². The van der Waals surface area contributed by atoms with Gasteiger partial charge in [0.15, 0.2) is 0 Å². The average molecular weight is 273 g/mol. The Kier molecular flexibility index (Phi) is 4.90. The minimum Gasteiger partial charge on any atom is -0.313 e. The van der Waals surface area contributed by atoms with Crippen molar-refractivity contribution in [1.29, 1.82) is 0 Å². The summed E-state index contributed by atoms with van der Waals surface area (Å²) in [7, 11) is 2.14. The zero-order chi connectivity index (χ0) is 14.9. The highest BCUT2D eigenvalue weighted by atomic mass is 14.9. The number of aryl methyl sites for hydroxylation is 2. The summed E-state index contributed by atoms with van der Waals surface area (Å²) in [5.41, 5.74) is 7.43. The molecule has 112 valence electrons. The molecule has 1 saturated carbocycles. The molecule has 0 amide bonds. The zero-order valence-electron chi connectivity index (χ0n) is 14.1. The largest absolute Gasteiger partial charge is 0.313 e. The Morgan fingerprint density at radius 1 is 0.950 bits per heavy atom. The third kappa shape index (κ3) is 2.93. The van der Waals surface area contributed by atoms with Gasteiger partial charge in [0.25, 0.3) is 0 Å². The second-order valence-electron chi connectivity index (χ2n) is 6.96. The predicted molar refractivity (Wildman–Crippen MR) is 88.3 cm³/mol. The van der Waals surface area contributed by atoms with Gasteiger partial charge in [0.2, 0.25) is 0 Å². The quantitative estimate of drug-likeness (QED) is 0.816. The van der Waals surface area contributed by atoms with Crippen molar-refractivity contribution in [2.75, 3.05) is 7.05 Å². The molecular formula is C19H31N. The Labute approximate surface area is 125 Å². The molecule has 1 heteroatoms. The molecule has 1 N–H and O–H groups in total. The summed E-state index contributed by atoms with van der Waals surface area (Å²) in [5, 5.41) is 3.64. The molecular weight excluding hydrogens is 242 g/mol. The lowest BCUT2D eigenvalue weighted by Crippen LogP contribution is -2.30. The maximum atomic E-state index is 3.64. The molecule has 0 heterocycles. The fourth-order valence-corrected chi connectivity index (χ4v) is 3.95. The van der Waals surface area contributed by atoms with Crippen LogP contribution >= 0.6 is 0 Å². The van der Waals surface area contributed by atoms with Crippen molar-refractivity contribution < 1.29 is 0 Å². The van der Waals surface area contributed by atoms with Gasteiger partial charge < -0.3 is 5.32 Å². The molecule has 20 heavy (non-hydrogen) atoms. The molecule has 0 aromatic heterocycles. The zero-order valence-corrected chi connectivity index (χ0v) is 14.1. The van der Waals surface area contributed by atoms with Gasteiger partial charge >= 0.3 is 0 Å². The predicted octanol–water partition coefficient (Wildman–Crippen LogP) is 5.01. The lowest BCUT2D eigenvalue weighted by Gasteiger charge is -2.35. The van der Waals surface area contributed by atoms with E-state index >= 15 is 0 Å². The van der Waals surface area contributed by atoms with E-state index in [4.69, 9.17) is 0 Å². The van der Waals surface area contributed by atoms with Crippen molar-refractivity contribution >= 4 is 0 Å². The second kappa shape index (κ2) is 6.30. The van der Waals surface area contributed by atoms with Crippen LogP contribution in [0.25, 0.3) is 0 Å². The van der Waals surface area contributed by atoms with Gasteiger partial charge in [0.1, 0.15) is 0 Å². The average Bonchev–Trinajstić information content (AvgIpc) is 2.43. The van der Waals surface area contributed by atoms with Crippen molar-refractivity contribution in [2.45, 2.75) is 66.3 Å². The minimum atomic E-state index is 0.529. The van der Waals surface area contributed by atoms with Gasteiger partial charge in [0, 0.05) is 6.04 Å². The van der Waals surface area contributed by atoms with Crippen LogP contribution in [0.3, 0.4) is 0 Å². The topological polar surface area (TPSA) is 12.0 Å². The van der Waals surface area contributed by atoms with Crippen LogP contribution in [0.5, 0.6) is 0 Å². The van der Waals surface area contributed by atoms with Crippen LogP contribution in [-0.2, 0) is 0 Å². The first-order valence-electron chi connectivity index (χ1n) is 8.20. The molecule has 0 aliphatic heterocycles. The van der Waals surface area contributed by atoms with Gasteiger partial charge in [-0.25, -0.2) is 0 Å². The smallest absolute Gasteiger partial charge is 0.0351 e. The van der Waals surface area contributed by atoms with Crippen LogP contribution in [0.4, 0.5) is 0 Å². The first-order chi connectivity index (χ1) is 9.45. The number of hydrogen-bond acceptors (Lipinski definition) is 1. The first-order valence-corrected chi connectivity index (χ1v) is 8.20. The Balaban J connectivity index is 2.37. The molecule has 0 spiro atoms. The second-order valence-corrected chi connectivity index (χ2v) is 6.96. The Bertz CT molecular complexity index is 441. The van der Waals surface area contributed by atoms with E-state index in [1.54, 1.807) is 5.56 Å². The third-order valence-corrected chi connectivity index (χ3v) is 5.58. The summed E-state index contributed by atoms with van der Waals surface area (Å²) >= 11 is 0. The molecule has 1 aromatic rings. The molecule has 0 saturated heterocycles. The van der Waals surface area contributed by atoms with Crippen LogP contribution in [-0.4, -0.2) is 7.05 Å². The molecule has 0 bridgehead atoms. The van der Waals surface area contributed by atoms with Crippen LogP contribution in [0.1, 0.15) is 66.5 Å². The van der Waals surface area contributed by atoms with E-state index in [0.29, 0.717) is 6.04 Å². The maximum absolute atomic E-state index is 3.64. The fraction of sp³-hybridized carbons (Fsp3) is 0.684. The molecule has 1 aliphatic carbocycles. The van der Waals surface area contributed by atoms with Gasteiger partial charge in [-0.2, -0.15) is 0 Å². The van der Waals surface area contributed by atoms with Crippen LogP contribution in [0.15, 0.2) is 6.07 Å². The molecule has 1 unspecified atom stereocenters. The standard InChI is InChI=1S/C19H31N/c1-12-7-9-17(10-8-12)19(20-6)18-15(4)13(2)11-14(3)16(18)5/h11-12,17,19-20H,7-10H2,1-6H3. The molecule has 1 nitrogen and oxygen atoms in total. The summed E-state index contributed by atoms with van der Waals surface area (Å²) in [6.07, 6.45) is 5.54. The summed E-state index contributed by atoms with van der Waals surface area (Å²) in [6.45, 7) is 11.5. The third-order valence-electron chi connectivity index (χ3n) is 5.58. The van der Waals surface area contributed by atoms with E-state index in [1.807, 2.05) is 0 Å². The molecule has 1 aliphatic rings. The SMILES string of the molecule is CNC(c1c(C)c(C)cc(C)c1C)C1CCC(C)CC1. The summed E-state index contributed by atoms with van der Waals surface area (Å²) in [6, 6.07) is 2.87. The molecule has 2 rings (SSSR count). The van der Waals surface area contributed by atoms with Crippen molar-refractivity contribution in [2.24, 2.45) is 11.8 Å². The monoisotopic (exact) mass is 273 g/mol. The minimum absolute atomic E-state index is 0.529. The van der Waals surface area contributed by atoms with Gasteiger partial charge in [-0.3, -0.25) is 0 Å². The lowest BCUT2D eigenvalue weighted by atomic mass is 9.75. The van der Waals surface area contributed by atoms with Gasteiger partial charge in [-0.15, -0.1) is 0 Å². The Morgan fingerprint density at radius 3 is 1.90 bits per heavy atom. The highest BCUT2D eigenvalue weighted by Gasteiger charge is 2.28. The van der Waals surface area contributed by atoms with E-state index in [9.17, 15) is 0 Å². The van der Waals surface area contributed by atoms with Gasteiger partial charge in [-0.1, -0.05) is 25.8 Å². The number of hydrogen-bond donors (Lipinski definition) is 1. The van der Waals surface area contributed by atoms with E-state index in [1.165, 1.54) is 47.9 Å². The van der Waals surface area contributed by atoms with Crippen molar-refractivity contribution in [3.05, 3.63) is 33.9 Å². The van der Waals surface area contributed by atoms with E-state index in [-0.39, 0.29) is 0 Å². The fourth-order valence-electron chi connectivity index (χ4n) is 3.95. The molecule has 1 atom stereocenters. The van der Waals surface area contributed by atoms with Crippen molar-refractivity contribution in [3.8, 4) is 0 Å². The molecule has 1 fully saturated rings.